The molecule has 2 atom stereocenters. The molecule has 96 valence electrons. The van der Waals surface area contributed by atoms with Gasteiger partial charge in [-0.05, 0) is 30.1 Å². The summed E-state index contributed by atoms with van der Waals surface area (Å²) >= 11 is 0. The van der Waals surface area contributed by atoms with Crippen LogP contribution in [0.2, 0.25) is 0 Å². The maximum atomic E-state index is 2.53. The number of unbranched alkanes of at least 4 members (excludes halogenated alkanes) is 1. The van der Waals surface area contributed by atoms with E-state index in [1.54, 1.807) is 0 Å². The van der Waals surface area contributed by atoms with Crippen molar-refractivity contribution >= 4 is 0 Å². The van der Waals surface area contributed by atoms with Gasteiger partial charge in [0.05, 0.1) is 0 Å². The fourth-order valence-electron chi connectivity index (χ4n) is 3.38. The standard InChI is InChI=1S/C16H32/c1-5-7-12-16(4,6-2)14(3)13-15-10-8-9-11-15/h14-15H,5-13H2,1-4H3. The summed E-state index contributed by atoms with van der Waals surface area (Å²) in [6.45, 7) is 9.75. The fourth-order valence-corrected chi connectivity index (χ4v) is 3.38. The molecule has 0 aromatic heterocycles. The van der Waals surface area contributed by atoms with Gasteiger partial charge in [0, 0.05) is 0 Å². The Morgan fingerprint density at radius 2 is 1.81 bits per heavy atom. The van der Waals surface area contributed by atoms with Gasteiger partial charge in [0.2, 0.25) is 0 Å². The molecular formula is C16H32. The third kappa shape index (κ3) is 3.79. The summed E-state index contributed by atoms with van der Waals surface area (Å²) in [5, 5.41) is 0. The molecule has 0 heterocycles. The van der Waals surface area contributed by atoms with Gasteiger partial charge in [0.25, 0.3) is 0 Å². The molecule has 0 aliphatic heterocycles. The van der Waals surface area contributed by atoms with Crippen molar-refractivity contribution in [2.45, 2.75) is 85.5 Å². The van der Waals surface area contributed by atoms with E-state index in [0.29, 0.717) is 5.41 Å². The molecule has 0 saturated heterocycles. The zero-order valence-corrected chi connectivity index (χ0v) is 12.0. The van der Waals surface area contributed by atoms with Crippen LogP contribution in [0.3, 0.4) is 0 Å². The van der Waals surface area contributed by atoms with Crippen LogP contribution in [0, 0.1) is 17.3 Å². The third-order valence-electron chi connectivity index (χ3n) is 5.26. The van der Waals surface area contributed by atoms with Crippen LogP contribution in [0.4, 0.5) is 0 Å². The molecule has 0 spiro atoms. The van der Waals surface area contributed by atoms with Crippen LogP contribution in [0.5, 0.6) is 0 Å². The summed E-state index contributed by atoms with van der Waals surface area (Å²) in [7, 11) is 0. The molecule has 1 saturated carbocycles. The van der Waals surface area contributed by atoms with Crippen LogP contribution in [0.1, 0.15) is 85.5 Å². The van der Waals surface area contributed by atoms with Gasteiger partial charge in [-0.15, -0.1) is 0 Å². The van der Waals surface area contributed by atoms with E-state index >= 15 is 0 Å². The van der Waals surface area contributed by atoms with Crippen LogP contribution in [0.15, 0.2) is 0 Å². The normalized spacial score (nSPS) is 23.2. The Balaban J connectivity index is 2.42. The van der Waals surface area contributed by atoms with Gasteiger partial charge in [0.1, 0.15) is 0 Å². The second-order valence-corrected chi connectivity index (χ2v) is 6.40. The highest BCUT2D eigenvalue weighted by Crippen LogP contribution is 2.42. The molecule has 2 unspecified atom stereocenters. The zero-order valence-electron chi connectivity index (χ0n) is 12.0. The first-order valence-corrected chi connectivity index (χ1v) is 7.62. The Morgan fingerprint density at radius 1 is 1.19 bits per heavy atom. The summed E-state index contributed by atoms with van der Waals surface area (Å²) in [6.07, 6.45) is 13.1. The number of hydrogen-bond acceptors (Lipinski definition) is 0. The van der Waals surface area contributed by atoms with Crippen molar-refractivity contribution in [2.75, 3.05) is 0 Å². The zero-order chi connectivity index (χ0) is 12.0. The second-order valence-electron chi connectivity index (χ2n) is 6.40. The molecule has 1 fully saturated rings. The van der Waals surface area contributed by atoms with Gasteiger partial charge < -0.3 is 0 Å². The smallest absolute Gasteiger partial charge is 0.0303 e. The lowest BCUT2D eigenvalue weighted by atomic mass is 9.69. The van der Waals surface area contributed by atoms with Crippen LogP contribution in [-0.2, 0) is 0 Å². The minimum atomic E-state index is 0.610. The van der Waals surface area contributed by atoms with E-state index in [0.717, 1.165) is 11.8 Å². The second kappa shape index (κ2) is 6.67. The Bertz CT molecular complexity index is 178. The summed E-state index contributed by atoms with van der Waals surface area (Å²) in [4.78, 5) is 0. The highest BCUT2D eigenvalue weighted by molar-refractivity contribution is 4.82. The molecular weight excluding hydrogens is 192 g/mol. The van der Waals surface area contributed by atoms with E-state index in [1.165, 1.54) is 57.8 Å². The minimum absolute atomic E-state index is 0.610. The molecule has 0 bridgehead atoms. The average molecular weight is 224 g/mol. The van der Waals surface area contributed by atoms with Crippen LogP contribution in [0.25, 0.3) is 0 Å². The van der Waals surface area contributed by atoms with E-state index in [-0.39, 0.29) is 0 Å². The van der Waals surface area contributed by atoms with Crippen molar-refractivity contribution in [3.63, 3.8) is 0 Å². The van der Waals surface area contributed by atoms with Crippen LogP contribution in [-0.4, -0.2) is 0 Å². The Hall–Kier alpha value is 0. The number of hydrogen-bond donors (Lipinski definition) is 0. The van der Waals surface area contributed by atoms with Crippen molar-refractivity contribution in [1.29, 1.82) is 0 Å². The molecule has 1 aliphatic carbocycles. The first kappa shape index (κ1) is 14.1. The Morgan fingerprint density at radius 3 is 2.31 bits per heavy atom. The maximum Gasteiger partial charge on any atom is -0.0303 e. The lowest BCUT2D eigenvalue weighted by molar-refractivity contribution is 0.143. The predicted octanol–water partition coefficient (Wildman–Crippen LogP) is 5.81. The van der Waals surface area contributed by atoms with E-state index in [1.807, 2.05) is 0 Å². The number of rotatable bonds is 7. The lowest BCUT2D eigenvalue weighted by Crippen LogP contribution is -2.26. The van der Waals surface area contributed by atoms with Gasteiger partial charge in [0.15, 0.2) is 0 Å². The van der Waals surface area contributed by atoms with Crippen LogP contribution >= 0.6 is 0 Å². The van der Waals surface area contributed by atoms with Gasteiger partial charge >= 0.3 is 0 Å². The molecule has 0 aromatic carbocycles. The van der Waals surface area contributed by atoms with Crippen molar-refractivity contribution in [3.05, 3.63) is 0 Å². The SMILES string of the molecule is CCCCC(C)(CC)C(C)CC1CCCC1. The molecule has 0 aromatic rings. The van der Waals surface area contributed by atoms with E-state index in [4.69, 9.17) is 0 Å². The lowest BCUT2D eigenvalue weighted by Gasteiger charge is -2.36. The van der Waals surface area contributed by atoms with Gasteiger partial charge in [-0.25, -0.2) is 0 Å². The Labute approximate surface area is 103 Å². The van der Waals surface area contributed by atoms with Crippen molar-refractivity contribution in [2.24, 2.45) is 17.3 Å². The molecule has 1 rings (SSSR count). The fraction of sp³-hybridized carbons (Fsp3) is 1.00. The Kier molecular flexibility index (Phi) is 5.86. The summed E-state index contributed by atoms with van der Waals surface area (Å²) in [5.41, 5.74) is 0.610. The monoisotopic (exact) mass is 224 g/mol. The van der Waals surface area contributed by atoms with E-state index < -0.39 is 0 Å². The summed E-state index contributed by atoms with van der Waals surface area (Å²) in [6, 6.07) is 0. The van der Waals surface area contributed by atoms with Gasteiger partial charge in [-0.2, -0.15) is 0 Å². The summed E-state index contributed by atoms with van der Waals surface area (Å²) < 4.78 is 0. The quantitative estimate of drug-likeness (QED) is 0.512. The largest absolute Gasteiger partial charge is 0.0654 e. The third-order valence-corrected chi connectivity index (χ3v) is 5.26. The van der Waals surface area contributed by atoms with Gasteiger partial charge in [-0.1, -0.05) is 72.6 Å². The molecule has 0 heteroatoms. The average Bonchev–Trinajstić information content (AvgIpc) is 2.78. The van der Waals surface area contributed by atoms with E-state index in [2.05, 4.69) is 27.7 Å². The first-order valence-electron chi connectivity index (χ1n) is 7.62. The van der Waals surface area contributed by atoms with Crippen molar-refractivity contribution in [1.82, 2.24) is 0 Å². The van der Waals surface area contributed by atoms with Crippen molar-refractivity contribution in [3.8, 4) is 0 Å². The van der Waals surface area contributed by atoms with E-state index in [9.17, 15) is 0 Å². The minimum Gasteiger partial charge on any atom is -0.0654 e. The predicted molar refractivity (Wildman–Crippen MR) is 73.7 cm³/mol. The molecule has 0 nitrogen and oxygen atoms in total. The molecule has 0 radical (unpaired) electrons. The highest BCUT2D eigenvalue weighted by Gasteiger charge is 2.31. The molecule has 0 N–H and O–H groups in total. The molecule has 16 heavy (non-hydrogen) atoms. The van der Waals surface area contributed by atoms with Gasteiger partial charge in [-0.3, -0.25) is 0 Å². The summed E-state index contributed by atoms with van der Waals surface area (Å²) in [5.74, 6) is 1.98. The first-order chi connectivity index (χ1) is 7.62. The van der Waals surface area contributed by atoms with Crippen molar-refractivity contribution < 1.29 is 0 Å². The topological polar surface area (TPSA) is 0 Å². The highest BCUT2D eigenvalue weighted by atomic mass is 14.4. The molecule has 0 amide bonds. The maximum absolute atomic E-state index is 2.53. The molecule has 1 aliphatic rings. The van der Waals surface area contributed by atoms with Crippen LogP contribution < -0.4 is 0 Å².